The number of aliphatic imine (C=N–C) groups is 2. The molecule has 0 aromatic heterocycles. The van der Waals surface area contributed by atoms with Gasteiger partial charge in [-0.3, -0.25) is 0 Å². The summed E-state index contributed by atoms with van der Waals surface area (Å²) in [5, 5.41) is 4.71. The van der Waals surface area contributed by atoms with Gasteiger partial charge in [-0.25, -0.2) is 9.98 Å². The summed E-state index contributed by atoms with van der Waals surface area (Å²) in [5.41, 5.74) is 4.30. The minimum Gasteiger partial charge on any atom is -0.475 e. The second-order valence-corrected chi connectivity index (χ2v) is 10.5. The fourth-order valence-electron chi connectivity index (χ4n) is 5.19. The lowest BCUT2D eigenvalue weighted by atomic mass is 9.87. The van der Waals surface area contributed by atoms with Crippen LogP contribution in [0.1, 0.15) is 38.8 Å². The molecular weight excluding hydrogens is 444 g/mol. The molecule has 2 aliphatic rings. The lowest BCUT2D eigenvalue weighted by Gasteiger charge is -2.19. The highest BCUT2D eigenvalue weighted by Gasteiger charge is 2.30. The zero-order chi connectivity index (χ0) is 24.8. The normalized spacial score (nSPS) is 19.6. The SMILES string of the molecule is CC(C)C1COC(c2ccc3ccccc3c2-c2c(C3=NC(C(C)C)CO3)ccc3ccccc23)=N1. The molecule has 2 atom stereocenters. The summed E-state index contributed by atoms with van der Waals surface area (Å²) in [6.45, 7) is 10.0. The van der Waals surface area contributed by atoms with Gasteiger partial charge in [0, 0.05) is 22.3 Å². The molecule has 0 saturated heterocycles. The van der Waals surface area contributed by atoms with Gasteiger partial charge in [0.2, 0.25) is 11.8 Å². The Bertz CT molecular complexity index is 1400. The monoisotopic (exact) mass is 476 g/mol. The Hall–Kier alpha value is -3.66. The molecule has 2 unspecified atom stereocenters. The van der Waals surface area contributed by atoms with E-state index in [1.54, 1.807) is 0 Å². The predicted octanol–water partition coefficient (Wildman–Crippen LogP) is 7.26. The van der Waals surface area contributed by atoms with Crippen molar-refractivity contribution in [1.82, 2.24) is 0 Å². The van der Waals surface area contributed by atoms with E-state index in [9.17, 15) is 0 Å². The Labute approximate surface area is 212 Å². The summed E-state index contributed by atoms with van der Waals surface area (Å²) < 4.78 is 12.5. The molecule has 4 aromatic carbocycles. The van der Waals surface area contributed by atoms with Gasteiger partial charge in [-0.05, 0) is 45.5 Å². The van der Waals surface area contributed by atoms with Crippen molar-refractivity contribution in [3.05, 3.63) is 83.9 Å². The third-order valence-electron chi connectivity index (χ3n) is 7.46. The van der Waals surface area contributed by atoms with Crippen molar-refractivity contribution in [3.63, 3.8) is 0 Å². The van der Waals surface area contributed by atoms with Crippen LogP contribution >= 0.6 is 0 Å². The van der Waals surface area contributed by atoms with Crippen molar-refractivity contribution < 1.29 is 9.47 Å². The molecule has 36 heavy (non-hydrogen) atoms. The van der Waals surface area contributed by atoms with Crippen molar-refractivity contribution in [2.45, 2.75) is 39.8 Å². The molecule has 0 saturated carbocycles. The van der Waals surface area contributed by atoms with E-state index in [2.05, 4.69) is 100 Å². The molecule has 0 bridgehead atoms. The third-order valence-corrected chi connectivity index (χ3v) is 7.46. The number of fused-ring (bicyclic) bond motifs is 2. The molecule has 0 amide bonds. The summed E-state index contributed by atoms with van der Waals surface area (Å²) >= 11 is 0. The van der Waals surface area contributed by atoms with E-state index in [4.69, 9.17) is 19.5 Å². The van der Waals surface area contributed by atoms with E-state index in [0.29, 0.717) is 25.0 Å². The molecule has 0 fully saturated rings. The van der Waals surface area contributed by atoms with Crippen LogP contribution in [0.5, 0.6) is 0 Å². The average Bonchev–Trinajstić information content (AvgIpc) is 3.58. The van der Waals surface area contributed by atoms with Crippen LogP contribution in [0.15, 0.2) is 82.8 Å². The number of hydrogen-bond donors (Lipinski definition) is 0. The van der Waals surface area contributed by atoms with Crippen LogP contribution in [-0.2, 0) is 9.47 Å². The molecule has 2 heterocycles. The lowest BCUT2D eigenvalue weighted by Crippen LogP contribution is -2.13. The predicted molar refractivity (Wildman–Crippen MR) is 149 cm³/mol. The van der Waals surface area contributed by atoms with Crippen LogP contribution in [0.3, 0.4) is 0 Å². The highest BCUT2D eigenvalue weighted by atomic mass is 16.5. The molecule has 0 spiro atoms. The van der Waals surface area contributed by atoms with E-state index in [1.807, 2.05) is 0 Å². The standard InChI is InChI=1S/C32H32N2O2/c1-19(2)27-17-35-31(33-27)25-15-13-21-9-5-7-11-23(21)29(25)30-24-12-8-6-10-22(24)14-16-26(30)32-34-28(18-36-32)20(3)4/h5-16,19-20,27-28H,17-18H2,1-4H3. The Kier molecular flexibility index (Phi) is 5.75. The van der Waals surface area contributed by atoms with Crippen LogP contribution in [0.2, 0.25) is 0 Å². The Morgan fingerprint density at radius 1 is 0.583 bits per heavy atom. The van der Waals surface area contributed by atoms with Crippen molar-refractivity contribution in [1.29, 1.82) is 0 Å². The molecular formula is C32H32N2O2. The molecule has 6 rings (SSSR count). The van der Waals surface area contributed by atoms with Crippen LogP contribution in [0.25, 0.3) is 32.7 Å². The summed E-state index contributed by atoms with van der Waals surface area (Å²) in [5.74, 6) is 2.30. The van der Waals surface area contributed by atoms with Gasteiger partial charge in [0.25, 0.3) is 0 Å². The van der Waals surface area contributed by atoms with E-state index in [0.717, 1.165) is 34.0 Å². The number of nitrogens with zero attached hydrogens (tertiary/aromatic N) is 2. The zero-order valence-corrected chi connectivity index (χ0v) is 21.4. The first-order valence-corrected chi connectivity index (χ1v) is 13.0. The van der Waals surface area contributed by atoms with Gasteiger partial charge in [-0.2, -0.15) is 0 Å². The second kappa shape index (κ2) is 9.09. The van der Waals surface area contributed by atoms with Crippen LogP contribution in [0, 0.1) is 11.8 Å². The van der Waals surface area contributed by atoms with Crippen LogP contribution < -0.4 is 0 Å². The molecule has 182 valence electrons. The third kappa shape index (κ3) is 3.85. The number of rotatable bonds is 5. The van der Waals surface area contributed by atoms with Gasteiger partial charge in [0.1, 0.15) is 13.2 Å². The maximum Gasteiger partial charge on any atom is 0.217 e. The van der Waals surface area contributed by atoms with E-state index in [-0.39, 0.29) is 12.1 Å². The average molecular weight is 477 g/mol. The smallest absolute Gasteiger partial charge is 0.217 e. The topological polar surface area (TPSA) is 43.2 Å². The quantitative estimate of drug-likeness (QED) is 0.304. The Balaban J connectivity index is 1.68. The number of ether oxygens (including phenoxy) is 2. The highest BCUT2D eigenvalue weighted by Crippen LogP contribution is 2.41. The zero-order valence-electron chi connectivity index (χ0n) is 21.4. The van der Waals surface area contributed by atoms with Gasteiger partial charge in [0.15, 0.2) is 0 Å². The van der Waals surface area contributed by atoms with Crippen LogP contribution in [-0.4, -0.2) is 37.1 Å². The number of hydrogen-bond acceptors (Lipinski definition) is 4. The molecule has 0 N–H and O–H groups in total. The molecule has 4 heteroatoms. The molecule has 0 aliphatic carbocycles. The largest absolute Gasteiger partial charge is 0.475 e. The van der Waals surface area contributed by atoms with E-state index in [1.165, 1.54) is 21.5 Å². The molecule has 2 aliphatic heterocycles. The van der Waals surface area contributed by atoms with Gasteiger partial charge in [-0.1, -0.05) is 88.4 Å². The summed E-state index contributed by atoms with van der Waals surface area (Å²) in [6.07, 6.45) is 0. The molecule has 4 aromatic rings. The molecule has 0 radical (unpaired) electrons. The van der Waals surface area contributed by atoms with E-state index < -0.39 is 0 Å². The lowest BCUT2D eigenvalue weighted by molar-refractivity contribution is 0.291. The first-order chi connectivity index (χ1) is 17.5. The highest BCUT2D eigenvalue weighted by molar-refractivity contribution is 6.19. The number of benzene rings is 4. The van der Waals surface area contributed by atoms with Crippen LogP contribution in [0.4, 0.5) is 0 Å². The minimum absolute atomic E-state index is 0.167. The van der Waals surface area contributed by atoms with Crippen molar-refractivity contribution in [2.24, 2.45) is 21.8 Å². The molecule has 4 nitrogen and oxygen atoms in total. The minimum atomic E-state index is 0.167. The van der Waals surface area contributed by atoms with Crippen molar-refractivity contribution in [3.8, 4) is 11.1 Å². The van der Waals surface area contributed by atoms with Crippen molar-refractivity contribution in [2.75, 3.05) is 13.2 Å². The first-order valence-electron chi connectivity index (χ1n) is 13.0. The Morgan fingerprint density at radius 3 is 1.39 bits per heavy atom. The first kappa shape index (κ1) is 22.8. The van der Waals surface area contributed by atoms with Gasteiger partial charge >= 0.3 is 0 Å². The summed E-state index contributed by atoms with van der Waals surface area (Å²) in [7, 11) is 0. The van der Waals surface area contributed by atoms with Gasteiger partial charge in [-0.15, -0.1) is 0 Å². The maximum atomic E-state index is 6.24. The second-order valence-electron chi connectivity index (χ2n) is 10.5. The van der Waals surface area contributed by atoms with Gasteiger partial charge < -0.3 is 9.47 Å². The van der Waals surface area contributed by atoms with Crippen molar-refractivity contribution >= 4 is 33.3 Å². The summed E-state index contributed by atoms with van der Waals surface area (Å²) in [4.78, 5) is 10.1. The van der Waals surface area contributed by atoms with Gasteiger partial charge in [0.05, 0.1) is 12.1 Å². The fraction of sp³-hybridized carbons (Fsp3) is 0.312. The Morgan fingerprint density at radius 2 is 1.00 bits per heavy atom. The maximum absolute atomic E-state index is 6.24. The fourth-order valence-corrected chi connectivity index (χ4v) is 5.19. The summed E-state index contributed by atoms with van der Waals surface area (Å²) in [6, 6.07) is 26.1. The van der Waals surface area contributed by atoms with E-state index >= 15 is 0 Å².